The van der Waals surface area contributed by atoms with E-state index in [4.69, 9.17) is 5.73 Å². The highest BCUT2D eigenvalue weighted by molar-refractivity contribution is 5.34. The van der Waals surface area contributed by atoms with E-state index in [1.807, 2.05) is 6.07 Å². The standard InChI is InChI=1S/C6H9N5/c7-3-1-5-9-6-2-4-8-11(6)10-5/h2,4,8H,1,3,7H2. The molecule has 5 nitrogen and oxygen atoms in total. The van der Waals surface area contributed by atoms with Gasteiger partial charge in [0, 0.05) is 18.7 Å². The highest BCUT2D eigenvalue weighted by Crippen LogP contribution is 1.97. The number of aromatic nitrogens is 4. The van der Waals surface area contributed by atoms with Crippen molar-refractivity contribution in [2.75, 3.05) is 6.54 Å². The molecule has 2 aromatic rings. The zero-order valence-electron chi connectivity index (χ0n) is 5.99. The van der Waals surface area contributed by atoms with E-state index in [0.717, 1.165) is 17.9 Å². The minimum atomic E-state index is 0.590. The number of rotatable bonds is 2. The third kappa shape index (κ3) is 0.988. The molecule has 0 aliphatic rings. The second-order valence-electron chi connectivity index (χ2n) is 2.30. The van der Waals surface area contributed by atoms with Crippen molar-refractivity contribution in [2.45, 2.75) is 6.42 Å². The number of nitrogens with one attached hydrogen (secondary N) is 1. The monoisotopic (exact) mass is 151 g/mol. The molecular weight excluding hydrogens is 142 g/mol. The summed E-state index contributed by atoms with van der Waals surface area (Å²) in [5.41, 5.74) is 6.19. The maximum atomic E-state index is 5.35. The lowest BCUT2D eigenvalue weighted by Crippen LogP contribution is -2.04. The van der Waals surface area contributed by atoms with Crippen molar-refractivity contribution in [3.8, 4) is 0 Å². The lowest BCUT2D eigenvalue weighted by Gasteiger charge is -1.84. The minimum absolute atomic E-state index is 0.590. The van der Waals surface area contributed by atoms with Crippen LogP contribution >= 0.6 is 0 Å². The third-order valence-corrected chi connectivity index (χ3v) is 1.47. The fourth-order valence-corrected chi connectivity index (χ4v) is 0.989. The Morgan fingerprint density at radius 1 is 1.64 bits per heavy atom. The molecule has 5 heteroatoms. The average Bonchev–Trinajstić information content (AvgIpc) is 2.46. The lowest BCUT2D eigenvalue weighted by atomic mass is 10.4. The molecule has 0 unspecified atom stereocenters. The fraction of sp³-hybridized carbons (Fsp3) is 0.333. The molecule has 3 N–H and O–H groups in total. The van der Waals surface area contributed by atoms with Crippen molar-refractivity contribution in [1.29, 1.82) is 0 Å². The molecule has 2 rings (SSSR count). The summed E-state index contributed by atoms with van der Waals surface area (Å²) in [4.78, 5) is 4.20. The molecule has 0 amide bonds. The molecule has 2 heterocycles. The van der Waals surface area contributed by atoms with Gasteiger partial charge in [-0.25, -0.2) is 4.98 Å². The van der Waals surface area contributed by atoms with Crippen molar-refractivity contribution in [1.82, 2.24) is 19.8 Å². The molecule has 58 valence electrons. The Morgan fingerprint density at radius 3 is 3.27 bits per heavy atom. The summed E-state index contributed by atoms with van der Waals surface area (Å²) in [5.74, 6) is 0.791. The largest absolute Gasteiger partial charge is 0.330 e. The van der Waals surface area contributed by atoms with Crippen LogP contribution in [0.2, 0.25) is 0 Å². The van der Waals surface area contributed by atoms with Crippen LogP contribution in [-0.2, 0) is 6.42 Å². The quantitative estimate of drug-likeness (QED) is 0.611. The summed E-state index contributed by atoms with van der Waals surface area (Å²) in [7, 11) is 0. The summed E-state index contributed by atoms with van der Waals surface area (Å²) >= 11 is 0. The molecule has 0 aliphatic carbocycles. The summed E-state index contributed by atoms with van der Waals surface area (Å²) in [6.45, 7) is 0.590. The Kier molecular flexibility index (Phi) is 1.36. The van der Waals surface area contributed by atoms with Crippen LogP contribution in [0.5, 0.6) is 0 Å². The maximum Gasteiger partial charge on any atom is 0.175 e. The van der Waals surface area contributed by atoms with E-state index in [-0.39, 0.29) is 0 Å². The number of nitrogens with zero attached hydrogens (tertiary/aromatic N) is 3. The number of H-pyrrole nitrogens is 1. The van der Waals surface area contributed by atoms with Gasteiger partial charge in [-0.2, -0.15) is 4.63 Å². The first-order chi connectivity index (χ1) is 5.40. The topological polar surface area (TPSA) is 72.0 Å². The van der Waals surface area contributed by atoms with Gasteiger partial charge in [-0.15, -0.1) is 5.10 Å². The second kappa shape index (κ2) is 2.35. The summed E-state index contributed by atoms with van der Waals surface area (Å²) in [5, 5.41) is 7.03. The summed E-state index contributed by atoms with van der Waals surface area (Å²) in [6, 6.07) is 1.87. The predicted octanol–water partition coefficient (Wildman–Crippen LogP) is -0.441. The normalized spacial score (nSPS) is 11.0. The highest BCUT2D eigenvalue weighted by Gasteiger charge is 2.00. The van der Waals surface area contributed by atoms with E-state index >= 15 is 0 Å². The molecule has 2 aromatic heterocycles. The SMILES string of the molecule is NCCc1nc2cc[nH]n2n1. The van der Waals surface area contributed by atoms with Crippen LogP contribution in [0.4, 0.5) is 0 Å². The van der Waals surface area contributed by atoms with E-state index in [2.05, 4.69) is 15.2 Å². The van der Waals surface area contributed by atoms with E-state index in [9.17, 15) is 0 Å². The van der Waals surface area contributed by atoms with Crippen LogP contribution in [0.15, 0.2) is 12.3 Å². The van der Waals surface area contributed by atoms with Crippen molar-refractivity contribution >= 4 is 5.65 Å². The van der Waals surface area contributed by atoms with Crippen LogP contribution in [0.3, 0.4) is 0 Å². The van der Waals surface area contributed by atoms with Crippen molar-refractivity contribution in [3.63, 3.8) is 0 Å². The molecule has 0 spiro atoms. The zero-order chi connectivity index (χ0) is 7.68. The molecule has 0 radical (unpaired) electrons. The highest BCUT2D eigenvalue weighted by atomic mass is 15.4. The van der Waals surface area contributed by atoms with Crippen molar-refractivity contribution in [2.24, 2.45) is 5.73 Å². The van der Waals surface area contributed by atoms with Crippen molar-refractivity contribution < 1.29 is 0 Å². The van der Waals surface area contributed by atoms with Crippen LogP contribution in [0, 0.1) is 0 Å². The first-order valence-corrected chi connectivity index (χ1v) is 3.49. The second-order valence-corrected chi connectivity index (χ2v) is 2.30. The van der Waals surface area contributed by atoms with Gasteiger partial charge in [0.15, 0.2) is 11.5 Å². The summed E-state index contributed by atoms with van der Waals surface area (Å²) < 4.78 is 1.63. The van der Waals surface area contributed by atoms with Gasteiger partial charge in [-0.3, -0.25) is 5.10 Å². The Bertz CT molecular complexity index is 318. The summed E-state index contributed by atoms with van der Waals surface area (Å²) in [6.07, 6.45) is 2.52. The van der Waals surface area contributed by atoms with Crippen LogP contribution in [0.1, 0.15) is 5.82 Å². The molecule has 11 heavy (non-hydrogen) atoms. The van der Waals surface area contributed by atoms with Crippen LogP contribution in [-0.4, -0.2) is 26.4 Å². The van der Waals surface area contributed by atoms with Gasteiger partial charge in [-0.05, 0) is 6.54 Å². The molecule has 0 bridgehead atoms. The van der Waals surface area contributed by atoms with Gasteiger partial charge in [0.05, 0.1) is 0 Å². The number of hydrogen-bond donors (Lipinski definition) is 2. The number of fused-ring (bicyclic) bond motifs is 1. The fourth-order valence-electron chi connectivity index (χ4n) is 0.989. The smallest absolute Gasteiger partial charge is 0.175 e. The number of nitrogens with two attached hydrogens (primary N) is 1. The Hall–Kier alpha value is -1.36. The Labute approximate surface area is 63.2 Å². The zero-order valence-corrected chi connectivity index (χ0v) is 5.99. The van der Waals surface area contributed by atoms with Gasteiger partial charge in [0.2, 0.25) is 0 Å². The molecular formula is C6H9N5. The van der Waals surface area contributed by atoms with Gasteiger partial charge in [0.25, 0.3) is 0 Å². The molecule has 0 atom stereocenters. The third-order valence-electron chi connectivity index (χ3n) is 1.47. The van der Waals surface area contributed by atoms with Crippen molar-refractivity contribution in [3.05, 3.63) is 18.1 Å². The van der Waals surface area contributed by atoms with E-state index in [0.29, 0.717) is 6.54 Å². The average molecular weight is 151 g/mol. The Balaban J connectivity index is 2.42. The van der Waals surface area contributed by atoms with Gasteiger partial charge < -0.3 is 5.73 Å². The van der Waals surface area contributed by atoms with E-state index in [1.54, 1.807) is 10.8 Å². The molecule has 0 aromatic carbocycles. The van der Waals surface area contributed by atoms with Crippen LogP contribution < -0.4 is 5.73 Å². The first kappa shape index (κ1) is 6.36. The molecule has 0 saturated carbocycles. The molecule has 0 saturated heterocycles. The molecule has 0 aliphatic heterocycles. The number of aromatic amines is 1. The predicted molar refractivity (Wildman–Crippen MR) is 40.1 cm³/mol. The maximum absolute atomic E-state index is 5.35. The van der Waals surface area contributed by atoms with Gasteiger partial charge in [-0.1, -0.05) is 0 Å². The minimum Gasteiger partial charge on any atom is -0.330 e. The van der Waals surface area contributed by atoms with Gasteiger partial charge in [0.1, 0.15) is 0 Å². The van der Waals surface area contributed by atoms with E-state index < -0.39 is 0 Å². The number of hydrogen-bond acceptors (Lipinski definition) is 3. The lowest BCUT2D eigenvalue weighted by molar-refractivity contribution is 0.775. The van der Waals surface area contributed by atoms with Crippen LogP contribution in [0.25, 0.3) is 5.65 Å². The molecule has 0 fully saturated rings. The van der Waals surface area contributed by atoms with E-state index in [1.165, 1.54) is 0 Å². The van der Waals surface area contributed by atoms with Gasteiger partial charge >= 0.3 is 0 Å². The Morgan fingerprint density at radius 2 is 2.55 bits per heavy atom. The first-order valence-electron chi connectivity index (χ1n) is 3.49.